The molecule has 0 saturated heterocycles. The molecule has 0 atom stereocenters. The molecule has 6 heteroatoms. The van der Waals surface area contributed by atoms with E-state index in [0.717, 1.165) is 17.7 Å². The van der Waals surface area contributed by atoms with Crippen LogP contribution in [0.4, 0.5) is 13.2 Å². The highest BCUT2D eigenvalue weighted by Gasteiger charge is 2.44. The van der Waals surface area contributed by atoms with Crippen molar-refractivity contribution < 1.29 is 18.0 Å². The van der Waals surface area contributed by atoms with Crippen LogP contribution >= 0.6 is 0 Å². The van der Waals surface area contributed by atoms with Crippen molar-refractivity contribution in [3.63, 3.8) is 0 Å². The van der Waals surface area contributed by atoms with Crippen LogP contribution in [0.25, 0.3) is 0 Å². The molecule has 19 heavy (non-hydrogen) atoms. The summed E-state index contributed by atoms with van der Waals surface area (Å²) >= 11 is 0. The number of hydrogen-bond donors (Lipinski definition) is 1. The van der Waals surface area contributed by atoms with Crippen molar-refractivity contribution >= 4 is 5.91 Å². The number of nitrogens with two attached hydrogens (primary N) is 1. The molecule has 1 rings (SSSR count). The molecule has 0 spiro atoms. The first-order chi connectivity index (χ1) is 8.70. The van der Waals surface area contributed by atoms with Gasteiger partial charge in [-0.25, -0.2) is 0 Å². The van der Waals surface area contributed by atoms with E-state index in [4.69, 9.17) is 5.73 Å². The summed E-state index contributed by atoms with van der Waals surface area (Å²) in [6, 6.07) is 0. The molecule has 1 fully saturated rings. The fourth-order valence-electron chi connectivity index (χ4n) is 2.77. The van der Waals surface area contributed by atoms with E-state index in [1.54, 1.807) is 13.8 Å². The van der Waals surface area contributed by atoms with E-state index in [1.807, 2.05) is 0 Å². The molecule has 1 aliphatic carbocycles. The van der Waals surface area contributed by atoms with E-state index in [9.17, 15) is 18.0 Å². The van der Waals surface area contributed by atoms with Gasteiger partial charge in [0.25, 0.3) is 0 Å². The van der Waals surface area contributed by atoms with Crippen molar-refractivity contribution in [2.24, 2.45) is 17.1 Å². The Kier molecular flexibility index (Phi) is 5.24. The van der Waals surface area contributed by atoms with Crippen LogP contribution in [0.2, 0.25) is 0 Å². The van der Waals surface area contributed by atoms with Crippen LogP contribution in [-0.2, 0) is 4.79 Å². The van der Waals surface area contributed by atoms with Crippen LogP contribution in [0.5, 0.6) is 0 Å². The van der Waals surface area contributed by atoms with E-state index in [1.165, 1.54) is 0 Å². The van der Waals surface area contributed by atoms with Crippen molar-refractivity contribution in [3.05, 3.63) is 0 Å². The van der Waals surface area contributed by atoms with Gasteiger partial charge in [0.15, 0.2) is 0 Å². The van der Waals surface area contributed by atoms with Crippen LogP contribution in [0, 0.1) is 11.3 Å². The monoisotopic (exact) mass is 280 g/mol. The quantitative estimate of drug-likeness (QED) is 0.841. The van der Waals surface area contributed by atoms with Crippen LogP contribution in [0.1, 0.15) is 39.5 Å². The molecule has 0 aromatic heterocycles. The molecule has 0 bridgehead atoms. The van der Waals surface area contributed by atoms with Crippen LogP contribution in [0.15, 0.2) is 0 Å². The topological polar surface area (TPSA) is 46.3 Å². The van der Waals surface area contributed by atoms with Gasteiger partial charge >= 0.3 is 6.18 Å². The first kappa shape index (κ1) is 16.3. The lowest BCUT2D eigenvalue weighted by Crippen LogP contribution is -2.50. The van der Waals surface area contributed by atoms with E-state index in [-0.39, 0.29) is 19.0 Å². The Balaban J connectivity index is 2.86. The normalized spacial score (nSPS) is 18.9. The predicted octanol–water partition coefficient (Wildman–Crippen LogP) is 2.55. The van der Waals surface area contributed by atoms with Gasteiger partial charge in [0.05, 0.1) is 5.41 Å². The molecule has 0 aromatic rings. The second-order valence-electron chi connectivity index (χ2n) is 5.89. The highest BCUT2D eigenvalue weighted by molar-refractivity contribution is 5.83. The highest BCUT2D eigenvalue weighted by atomic mass is 19.4. The SMILES string of the molecule is CC(C)CN(CC(F)(F)F)C(=O)C1(CN)CCCC1. The Morgan fingerprint density at radius 1 is 1.32 bits per heavy atom. The second kappa shape index (κ2) is 6.11. The minimum absolute atomic E-state index is 0.00234. The maximum atomic E-state index is 12.6. The molecule has 0 radical (unpaired) electrons. The Hall–Kier alpha value is -0.780. The van der Waals surface area contributed by atoms with Crippen LogP contribution in [-0.4, -0.2) is 36.6 Å². The lowest BCUT2D eigenvalue weighted by Gasteiger charge is -2.35. The summed E-state index contributed by atoms with van der Waals surface area (Å²) in [4.78, 5) is 13.4. The van der Waals surface area contributed by atoms with Gasteiger partial charge in [-0.15, -0.1) is 0 Å². The minimum atomic E-state index is -4.36. The fourth-order valence-corrected chi connectivity index (χ4v) is 2.77. The number of alkyl halides is 3. The third kappa shape index (κ3) is 4.37. The number of amides is 1. The summed E-state index contributed by atoms with van der Waals surface area (Å²) in [6.07, 6.45) is -1.42. The van der Waals surface area contributed by atoms with Gasteiger partial charge in [0.1, 0.15) is 6.54 Å². The highest BCUT2D eigenvalue weighted by Crippen LogP contribution is 2.39. The van der Waals surface area contributed by atoms with Gasteiger partial charge in [-0.05, 0) is 18.8 Å². The summed E-state index contributed by atoms with van der Waals surface area (Å²) in [6.45, 7) is 2.70. The average molecular weight is 280 g/mol. The number of hydrogen-bond acceptors (Lipinski definition) is 2. The Morgan fingerprint density at radius 3 is 2.21 bits per heavy atom. The van der Waals surface area contributed by atoms with Crippen molar-refractivity contribution in [3.8, 4) is 0 Å². The minimum Gasteiger partial charge on any atom is -0.333 e. The Bertz CT molecular complexity index is 310. The van der Waals surface area contributed by atoms with Crippen molar-refractivity contribution in [2.75, 3.05) is 19.6 Å². The number of halogens is 3. The first-order valence-electron chi connectivity index (χ1n) is 6.76. The fraction of sp³-hybridized carbons (Fsp3) is 0.923. The van der Waals surface area contributed by atoms with E-state index in [2.05, 4.69) is 0 Å². The van der Waals surface area contributed by atoms with Crippen molar-refractivity contribution in [2.45, 2.75) is 45.7 Å². The van der Waals surface area contributed by atoms with Gasteiger partial charge in [-0.1, -0.05) is 26.7 Å². The summed E-state index contributed by atoms with van der Waals surface area (Å²) in [5, 5.41) is 0. The molecule has 0 aliphatic heterocycles. The predicted molar refractivity (Wildman–Crippen MR) is 67.4 cm³/mol. The van der Waals surface area contributed by atoms with E-state index >= 15 is 0 Å². The van der Waals surface area contributed by atoms with E-state index in [0.29, 0.717) is 12.8 Å². The number of nitrogens with zero attached hydrogens (tertiary/aromatic N) is 1. The molecular formula is C13H23F3N2O. The summed E-state index contributed by atoms with van der Waals surface area (Å²) in [5.41, 5.74) is 4.91. The third-order valence-electron chi connectivity index (χ3n) is 3.65. The molecule has 0 aromatic carbocycles. The molecule has 112 valence electrons. The van der Waals surface area contributed by atoms with E-state index < -0.39 is 24.0 Å². The third-order valence-corrected chi connectivity index (χ3v) is 3.65. The zero-order chi connectivity index (χ0) is 14.7. The lowest BCUT2D eigenvalue weighted by molar-refractivity contribution is -0.168. The molecule has 2 N–H and O–H groups in total. The number of rotatable bonds is 5. The maximum Gasteiger partial charge on any atom is 0.406 e. The molecule has 1 amide bonds. The van der Waals surface area contributed by atoms with Gasteiger partial charge in [-0.3, -0.25) is 4.79 Å². The number of carbonyl (C=O) groups is 1. The first-order valence-corrected chi connectivity index (χ1v) is 6.76. The number of carbonyl (C=O) groups excluding carboxylic acids is 1. The second-order valence-corrected chi connectivity index (χ2v) is 5.89. The summed E-state index contributed by atoms with van der Waals surface area (Å²) in [5.74, 6) is -0.416. The zero-order valence-corrected chi connectivity index (χ0v) is 11.6. The molecule has 1 saturated carbocycles. The molecular weight excluding hydrogens is 257 g/mol. The molecule has 0 unspecified atom stereocenters. The lowest BCUT2D eigenvalue weighted by atomic mass is 9.84. The summed E-state index contributed by atoms with van der Waals surface area (Å²) < 4.78 is 37.8. The Labute approximate surface area is 112 Å². The van der Waals surface area contributed by atoms with Crippen molar-refractivity contribution in [1.29, 1.82) is 0 Å². The molecule has 0 heterocycles. The molecule has 1 aliphatic rings. The van der Waals surface area contributed by atoms with Crippen LogP contribution in [0.3, 0.4) is 0 Å². The van der Waals surface area contributed by atoms with Gasteiger partial charge in [-0.2, -0.15) is 13.2 Å². The zero-order valence-electron chi connectivity index (χ0n) is 11.6. The largest absolute Gasteiger partial charge is 0.406 e. The van der Waals surface area contributed by atoms with Gasteiger partial charge in [0.2, 0.25) is 5.91 Å². The van der Waals surface area contributed by atoms with Crippen molar-refractivity contribution in [1.82, 2.24) is 4.90 Å². The van der Waals surface area contributed by atoms with Gasteiger partial charge in [0, 0.05) is 13.1 Å². The molecule has 3 nitrogen and oxygen atoms in total. The smallest absolute Gasteiger partial charge is 0.333 e. The average Bonchev–Trinajstić information content (AvgIpc) is 2.74. The van der Waals surface area contributed by atoms with Gasteiger partial charge < -0.3 is 10.6 Å². The van der Waals surface area contributed by atoms with Crippen LogP contribution < -0.4 is 5.73 Å². The summed E-state index contributed by atoms with van der Waals surface area (Å²) in [7, 11) is 0. The maximum absolute atomic E-state index is 12.6. The standard InChI is InChI=1S/C13H23F3N2O/c1-10(2)7-18(9-13(14,15)16)11(19)12(8-17)5-3-4-6-12/h10H,3-9,17H2,1-2H3. The Morgan fingerprint density at radius 2 is 1.84 bits per heavy atom.